The molecule has 1 N–H and O–H groups in total. The molecule has 0 saturated carbocycles. The first kappa shape index (κ1) is 12.1. The number of piperazine rings is 1. The molecule has 1 aromatic rings. The van der Waals surface area contributed by atoms with Gasteiger partial charge in [-0.1, -0.05) is 6.07 Å². The van der Waals surface area contributed by atoms with Gasteiger partial charge in [0.25, 0.3) is 0 Å². The smallest absolute Gasteiger partial charge is 0.246 e. The lowest BCUT2D eigenvalue weighted by atomic mass is 10.1. The molecular weight excluding hydrogens is 236 g/mol. The summed E-state index contributed by atoms with van der Waals surface area (Å²) in [6.07, 6.45) is 0. The van der Waals surface area contributed by atoms with Gasteiger partial charge in [0.1, 0.15) is 12.1 Å². The zero-order valence-electron chi connectivity index (χ0n) is 10.1. The molecule has 2 rings (SSSR count). The minimum atomic E-state index is -0.430. The topological polar surface area (TPSA) is 49.4 Å². The Morgan fingerprint density at radius 2 is 2.12 bits per heavy atom. The summed E-state index contributed by atoms with van der Waals surface area (Å²) in [4.78, 5) is 26.6. The number of nitrogens with zero attached hydrogens (tertiary/aromatic N) is 1. The summed E-state index contributed by atoms with van der Waals surface area (Å²) in [5.41, 5.74) is 0. The first-order valence-electron chi connectivity index (χ1n) is 5.68. The number of carbonyl (C=O) groups is 2. The standard InChI is InChI=1S/C12H16N2O2S/c1-7-12(16)14(9(3)11(15)13-7)8(2)10-5-4-6-17-10/h4-9H,1-3H3,(H,13,15). The molecule has 0 bridgehead atoms. The van der Waals surface area contributed by atoms with Gasteiger partial charge in [-0.05, 0) is 32.2 Å². The van der Waals surface area contributed by atoms with Crippen LogP contribution in [0.5, 0.6) is 0 Å². The van der Waals surface area contributed by atoms with Gasteiger partial charge in [-0.2, -0.15) is 0 Å². The lowest BCUT2D eigenvalue weighted by molar-refractivity contribution is -0.150. The predicted molar refractivity (Wildman–Crippen MR) is 66.6 cm³/mol. The Morgan fingerprint density at radius 1 is 1.41 bits per heavy atom. The monoisotopic (exact) mass is 252 g/mol. The molecule has 0 aliphatic carbocycles. The van der Waals surface area contributed by atoms with Gasteiger partial charge < -0.3 is 10.2 Å². The Kier molecular flexibility index (Phi) is 3.19. The molecule has 2 amide bonds. The van der Waals surface area contributed by atoms with Crippen molar-refractivity contribution in [2.24, 2.45) is 0 Å². The van der Waals surface area contributed by atoms with Gasteiger partial charge in [0.05, 0.1) is 6.04 Å². The highest BCUT2D eigenvalue weighted by molar-refractivity contribution is 7.10. The van der Waals surface area contributed by atoms with E-state index in [0.717, 1.165) is 4.88 Å². The second-order valence-electron chi connectivity index (χ2n) is 4.34. The maximum absolute atomic E-state index is 12.1. The number of nitrogens with one attached hydrogen (secondary N) is 1. The Balaban J connectivity index is 2.28. The lowest BCUT2D eigenvalue weighted by Gasteiger charge is -2.39. The van der Waals surface area contributed by atoms with E-state index in [1.807, 2.05) is 24.4 Å². The fourth-order valence-electron chi connectivity index (χ4n) is 2.13. The van der Waals surface area contributed by atoms with Crippen molar-refractivity contribution in [1.82, 2.24) is 10.2 Å². The van der Waals surface area contributed by atoms with Gasteiger partial charge in [-0.25, -0.2) is 0 Å². The van der Waals surface area contributed by atoms with E-state index in [2.05, 4.69) is 5.32 Å². The van der Waals surface area contributed by atoms with Crippen LogP contribution in [0.1, 0.15) is 31.7 Å². The zero-order chi connectivity index (χ0) is 12.6. The first-order chi connectivity index (χ1) is 8.02. The van der Waals surface area contributed by atoms with Crippen LogP contribution in [0.4, 0.5) is 0 Å². The molecule has 0 aromatic carbocycles. The molecular formula is C12H16N2O2S. The molecule has 92 valence electrons. The summed E-state index contributed by atoms with van der Waals surface area (Å²) >= 11 is 1.61. The molecule has 1 aliphatic heterocycles. The van der Waals surface area contributed by atoms with Crippen LogP contribution in [0.15, 0.2) is 17.5 Å². The molecule has 1 aromatic heterocycles. The Hall–Kier alpha value is -1.36. The third-order valence-electron chi connectivity index (χ3n) is 3.15. The third-order valence-corrected chi connectivity index (χ3v) is 4.20. The molecule has 0 radical (unpaired) electrons. The fraction of sp³-hybridized carbons (Fsp3) is 0.500. The van der Waals surface area contributed by atoms with Gasteiger partial charge in [-0.15, -0.1) is 11.3 Å². The summed E-state index contributed by atoms with van der Waals surface area (Å²) in [6.45, 7) is 5.45. The summed E-state index contributed by atoms with van der Waals surface area (Å²) < 4.78 is 0. The highest BCUT2D eigenvalue weighted by Crippen LogP contribution is 2.28. The van der Waals surface area contributed by atoms with Crippen molar-refractivity contribution in [3.63, 3.8) is 0 Å². The number of carbonyl (C=O) groups excluding carboxylic acids is 2. The zero-order valence-corrected chi connectivity index (χ0v) is 11.0. The molecule has 1 saturated heterocycles. The average molecular weight is 252 g/mol. The van der Waals surface area contributed by atoms with Crippen LogP contribution < -0.4 is 5.32 Å². The van der Waals surface area contributed by atoms with E-state index >= 15 is 0 Å². The van der Waals surface area contributed by atoms with Crippen molar-refractivity contribution in [3.05, 3.63) is 22.4 Å². The van der Waals surface area contributed by atoms with E-state index < -0.39 is 12.1 Å². The highest BCUT2D eigenvalue weighted by Gasteiger charge is 2.38. The van der Waals surface area contributed by atoms with E-state index in [1.165, 1.54) is 0 Å². The molecule has 3 atom stereocenters. The van der Waals surface area contributed by atoms with Crippen LogP contribution in [-0.2, 0) is 9.59 Å². The Bertz CT molecular complexity index is 430. The van der Waals surface area contributed by atoms with Crippen molar-refractivity contribution in [1.29, 1.82) is 0 Å². The normalized spacial score (nSPS) is 26.9. The fourth-order valence-corrected chi connectivity index (χ4v) is 2.91. The Morgan fingerprint density at radius 3 is 2.71 bits per heavy atom. The summed E-state index contributed by atoms with van der Waals surface area (Å²) in [7, 11) is 0. The largest absolute Gasteiger partial charge is 0.343 e. The summed E-state index contributed by atoms with van der Waals surface area (Å²) in [5, 5.41) is 4.66. The van der Waals surface area contributed by atoms with Crippen molar-refractivity contribution < 1.29 is 9.59 Å². The van der Waals surface area contributed by atoms with Crippen molar-refractivity contribution >= 4 is 23.2 Å². The maximum Gasteiger partial charge on any atom is 0.246 e. The van der Waals surface area contributed by atoms with E-state index in [-0.39, 0.29) is 17.9 Å². The van der Waals surface area contributed by atoms with E-state index in [9.17, 15) is 9.59 Å². The SMILES string of the molecule is CC1NC(=O)C(C)N(C(C)c2cccs2)C1=O. The predicted octanol–water partition coefficient (Wildman–Crippen LogP) is 1.54. The van der Waals surface area contributed by atoms with E-state index in [0.29, 0.717) is 0 Å². The van der Waals surface area contributed by atoms with Gasteiger partial charge in [0, 0.05) is 4.88 Å². The lowest BCUT2D eigenvalue weighted by Crippen LogP contribution is -2.61. The number of hydrogen-bond donors (Lipinski definition) is 1. The van der Waals surface area contributed by atoms with E-state index in [4.69, 9.17) is 0 Å². The van der Waals surface area contributed by atoms with Crippen LogP contribution in [0.25, 0.3) is 0 Å². The third kappa shape index (κ3) is 2.07. The van der Waals surface area contributed by atoms with Gasteiger partial charge in [0.2, 0.25) is 11.8 Å². The molecule has 17 heavy (non-hydrogen) atoms. The molecule has 3 unspecified atom stereocenters. The van der Waals surface area contributed by atoms with Crippen LogP contribution in [0, 0.1) is 0 Å². The van der Waals surface area contributed by atoms with Crippen molar-refractivity contribution in [2.75, 3.05) is 0 Å². The highest BCUT2D eigenvalue weighted by atomic mass is 32.1. The number of rotatable bonds is 2. The number of thiophene rings is 1. The average Bonchev–Trinajstić information content (AvgIpc) is 2.80. The second-order valence-corrected chi connectivity index (χ2v) is 5.32. The second kappa shape index (κ2) is 4.49. The van der Waals surface area contributed by atoms with Crippen molar-refractivity contribution in [3.8, 4) is 0 Å². The van der Waals surface area contributed by atoms with Crippen LogP contribution >= 0.6 is 11.3 Å². The van der Waals surface area contributed by atoms with Crippen LogP contribution in [0.3, 0.4) is 0 Å². The minimum absolute atomic E-state index is 0.0157. The maximum atomic E-state index is 12.1. The minimum Gasteiger partial charge on any atom is -0.343 e. The molecule has 1 aliphatic rings. The molecule has 5 heteroatoms. The molecule has 4 nitrogen and oxygen atoms in total. The van der Waals surface area contributed by atoms with E-state index in [1.54, 1.807) is 30.1 Å². The molecule has 0 spiro atoms. The van der Waals surface area contributed by atoms with Gasteiger partial charge in [-0.3, -0.25) is 9.59 Å². The molecule has 1 fully saturated rings. The quantitative estimate of drug-likeness (QED) is 0.868. The number of amides is 2. The van der Waals surface area contributed by atoms with Gasteiger partial charge in [0.15, 0.2) is 0 Å². The Labute approximate surface area is 105 Å². The summed E-state index contributed by atoms with van der Waals surface area (Å²) in [5.74, 6) is -0.0986. The molecule has 2 heterocycles. The van der Waals surface area contributed by atoms with Crippen molar-refractivity contribution in [2.45, 2.75) is 38.9 Å². The van der Waals surface area contributed by atoms with Gasteiger partial charge >= 0.3 is 0 Å². The van der Waals surface area contributed by atoms with Crippen LogP contribution in [-0.4, -0.2) is 28.8 Å². The first-order valence-corrected chi connectivity index (χ1v) is 6.56. The summed E-state index contributed by atoms with van der Waals surface area (Å²) in [6, 6.07) is 3.06. The van der Waals surface area contributed by atoms with Crippen LogP contribution in [0.2, 0.25) is 0 Å². The number of hydrogen-bond acceptors (Lipinski definition) is 3.